The molecule has 0 aliphatic heterocycles. The maximum Gasteiger partial charge on any atom is 0.338 e. The van der Waals surface area contributed by atoms with Gasteiger partial charge in [-0.2, -0.15) is 0 Å². The molecule has 3 nitrogen and oxygen atoms in total. The van der Waals surface area contributed by atoms with Crippen LogP contribution in [-0.2, 0) is 4.74 Å². The molecule has 0 bridgehead atoms. The van der Waals surface area contributed by atoms with Crippen LogP contribution in [0.1, 0.15) is 30.6 Å². The first-order valence-corrected chi connectivity index (χ1v) is 5.99. The van der Waals surface area contributed by atoms with Crippen LogP contribution < -0.4 is 4.90 Å². The van der Waals surface area contributed by atoms with Gasteiger partial charge in [0.25, 0.3) is 0 Å². The number of carbonyl (C=O) groups excluding carboxylic acids is 1. The van der Waals surface area contributed by atoms with Gasteiger partial charge in [0.1, 0.15) is 0 Å². The summed E-state index contributed by atoms with van der Waals surface area (Å²) in [7, 11) is 3.94. The normalized spacial score (nSPS) is 12.0. The molecule has 0 aromatic heterocycles. The van der Waals surface area contributed by atoms with E-state index in [0.717, 1.165) is 12.1 Å². The quantitative estimate of drug-likeness (QED) is 0.735. The molecule has 0 aliphatic carbocycles. The van der Waals surface area contributed by atoms with Crippen LogP contribution in [0.3, 0.4) is 0 Å². The summed E-state index contributed by atoms with van der Waals surface area (Å²) in [5, 5.41) is 0. The molecule has 17 heavy (non-hydrogen) atoms. The number of anilines is 1. The molecule has 94 valence electrons. The molecular formula is C14H21NO2. The largest absolute Gasteiger partial charge is 0.462 e. The van der Waals surface area contributed by atoms with Crippen molar-refractivity contribution < 1.29 is 9.53 Å². The standard InChI is InChI=1S/C14H21NO2/c1-5-11(2)10-17-14(16)12-6-8-13(9-7-12)15(3)4/h6-9,11H,5,10H2,1-4H3. The zero-order valence-corrected chi connectivity index (χ0v) is 11.1. The van der Waals surface area contributed by atoms with Gasteiger partial charge in [-0.25, -0.2) is 4.79 Å². The zero-order valence-electron chi connectivity index (χ0n) is 11.1. The number of benzene rings is 1. The molecule has 1 aromatic rings. The number of nitrogens with zero attached hydrogens (tertiary/aromatic N) is 1. The van der Waals surface area contributed by atoms with Crippen molar-refractivity contribution in [3.05, 3.63) is 29.8 Å². The van der Waals surface area contributed by atoms with Crippen LogP contribution in [0.5, 0.6) is 0 Å². The van der Waals surface area contributed by atoms with Crippen molar-refractivity contribution in [1.29, 1.82) is 0 Å². The van der Waals surface area contributed by atoms with E-state index in [9.17, 15) is 4.79 Å². The van der Waals surface area contributed by atoms with Crippen molar-refractivity contribution in [1.82, 2.24) is 0 Å². The highest BCUT2D eigenvalue weighted by molar-refractivity contribution is 5.89. The molecule has 1 atom stereocenters. The van der Waals surface area contributed by atoms with Gasteiger partial charge in [-0.1, -0.05) is 20.3 Å². The summed E-state index contributed by atoms with van der Waals surface area (Å²) in [6, 6.07) is 7.43. The number of rotatable bonds is 5. The van der Waals surface area contributed by atoms with Crippen LogP contribution in [0.25, 0.3) is 0 Å². The fraction of sp³-hybridized carbons (Fsp3) is 0.500. The number of esters is 1. The van der Waals surface area contributed by atoms with Crippen LogP contribution in [0.4, 0.5) is 5.69 Å². The molecule has 0 radical (unpaired) electrons. The smallest absolute Gasteiger partial charge is 0.338 e. The molecule has 0 heterocycles. The molecule has 0 N–H and O–H groups in total. The first kappa shape index (κ1) is 13.6. The van der Waals surface area contributed by atoms with Crippen LogP contribution in [0.15, 0.2) is 24.3 Å². The fourth-order valence-corrected chi connectivity index (χ4v) is 1.31. The molecule has 0 saturated heterocycles. The van der Waals surface area contributed by atoms with Crippen molar-refractivity contribution in [3.8, 4) is 0 Å². The molecule has 3 heteroatoms. The summed E-state index contributed by atoms with van der Waals surface area (Å²) in [6.45, 7) is 4.65. The lowest BCUT2D eigenvalue weighted by Gasteiger charge is -2.13. The third kappa shape index (κ3) is 4.10. The average Bonchev–Trinajstić information content (AvgIpc) is 2.35. The molecule has 0 spiro atoms. The van der Waals surface area contributed by atoms with Gasteiger partial charge in [0.15, 0.2) is 0 Å². The molecule has 0 amide bonds. The van der Waals surface area contributed by atoms with Crippen molar-refractivity contribution in [3.63, 3.8) is 0 Å². The van der Waals surface area contributed by atoms with Gasteiger partial charge in [-0.15, -0.1) is 0 Å². The predicted molar refractivity (Wildman–Crippen MR) is 70.5 cm³/mol. The Morgan fingerprint density at radius 3 is 2.35 bits per heavy atom. The van der Waals surface area contributed by atoms with Gasteiger partial charge >= 0.3 is 5.97 Å². The Labute approximate surface area is 103 Å². The van der Waals surface area contributed by atoms with E-state index in [4.69, 9.17) is 4.74 Å². The van der Waals surface area contributed by atoms with E-state index in [0.29, 0.717) is 18.1 Å². The lowest BCUT2D eigenvalue weighted by molar-refractivity contribution is 0.0447. The van der Waals surface area contributed by atoms with Crippen LogP contribution in [0, 0.1) is 5.92 Å². The van der Waals surface area contributed by atoms with Gasteiger partial charge in [-0.05, 0) is 30.2 Å². The summed E-state index contributed by atoms with van der Waals surface area (Å²) >= 11 is 0. The van der Waals surface area contributed by atoms with E-state index < -0.39 is 0 Å². The van der Waals surface area contributed by atoms with Crippen LogP contribution in [0.2, 0.25) is 0 Å². The van der Waals surface area contributed by atoms with E-state index in [1.165, 1.54) is 0 Å². The predicted octanol–water partition coefficient (Wildman–Crippen LogP) is 2.96. The van der Waals surface area contributed by atoms with Crippen molar-refractivity contribution in [2.45, 2.75) is 20.3 Å². The molecular weight excluding hydrogens is 214 g/mol. The lowest BCUT2D eigenvalue weighted by atomic mass is 10.1. The minimum Gasteiger partial charge on any atom is -0.462 e. The second-order valence-corrected chi connectivity index (χ2v) is 4.55. The fourth-order valence-electron chi connectivity index (χ4n) is 1.31. The van der Waals surface area contributed by atoms with Crippen molar-refractivity contribution >= 4 is 11.7 Å². The van der Waals surface area contributed by atoms with Gasteiger partial charge in [0.2, 0.25) is 0 Å². The number of hydrogen-bond donors (Lipinski definition) is 0. The van der Waals surface area contributed by atoms with Crippen LogP contribution in [-0.4, -0.2) is 26.7 Å². The Morgan fingerprint density at radius 1 is 1.29 bits per heavy atom. The SMILES string of the molecule is CCC(C)COC(=O)c1ccc(N(C)C)cc1. The molecule has 1 unspecified atom stereocenters. The summed E-state index contributed by atoms with van der Waals surface area (Å²) in [6.07, 6.45) is 1.02. The Bertz CT molecular complexity index is 357. The zero-order chi connectivity index (χ0) is 12.8. The maximum atomic E-state index is 11.7. The van der Waals surface area contributed by atoms with Gasteiger partial charge in [0, 0.05) is 19.8 Å². The molecule has 1 aromatic carbocycles. The summed E-state index contributed by atoms with van der Waals surface area (Å²) in [4.78, 5) is 13.7. The van der Waals surface area contributed by atoms with Gasteiger partial charge < -0.3 is 9.64 Å². The van der Waals surface area contributed by atoms with Crippen molar-refractivity contribution in [2.24, 2.45) is 5.92 Å². The highest BCUT2D eigenvalue weighted by Gasteiger charge is 2.09. The van der Waals surface area contributed by atoms with Crippen molar-refractivity contribution in [2.75, 3.05) is 25.6 Å². The Kier molecular flexibility index (Phi) is 5.01. The molecule has 0 aliphatic rings. The minimum atomic E-state index is -0.240. The average molecular weight is 235 g/mol. The Balaban J connectivity index is 2.58. The summed E-state index contributed by atoms with van der Waals surface area (Å²) in [5.41, 5.74) is 1.68. The van der Waals surface area contributed by atoms with E-state index in [1.54, 1.807) is 12.1 Å². The van der Waals surface area contributed by atoms with E-state index in [1.807, 2.05) is 31.1 Å². The number of ether oxygens (including phenoxy) is 1. The highest BCUT2D eigenvalue weighted by atomic mass is 16.5. The lowest BCUT2D eigenvalue weighted by Crippen LogP contribution is -2.12. The van der Waals surface area contributed by atoms with E-state index in [2.05, 4.69) is 13.8 Å². The van der Waals surface area contributed by atoms with Gasteiger partial charge in [0.05, 0.1) is 12.2 Å². The first-order valence-electron chi connectivity index (χ1n) is 5.99. The second-order valence-electron chi connectivity index (χ2n) is 4.55. The molecule has 0 fully saturated rings. The monoisotopic (exact) mass is 235 g/mol. The van der Waals surface area contributed by atoms with E-state index >= 15 is 0 Å². The highest BCUT2D eigenvalue weighted by Crippen LogP contribution is 2.13. The third-order valence-electron chi connectivity index (χ3n) is 2.82. The maximum absolute atomic E-state index is 11.7. The van der Waals surface area contributed by atoms with Gasteiger partial charge in [-0.3, -0.25) is 0 Å². The summed E-state index contributed by atoms with van der Waals surface area (Å²) < 4.78 is 5.23. The number of hydrogen-bond acceptors (Lipinski definition) is 3. The third-order valence-corrected chi connectivity index (χ3v) is 2.82. The topological polar surface area (TPSA) is 29.5 Å². The second kappa shape index (κ2) is 6.28. The Hall–Kier alpha value is -1.51. The summed E-state index contributed by atoms with van der Waals surface area (Å²) in [5.74, 6) is 0.176. The minimum absolute atomic E-state index is 0.240. The number of carbonyl (C=O) groups is 1. The molecule has 1 rings (SSSR count). The molecule has 0 saturated carbocycles. The Morgan fingerprint density at radius 2 is 1.88 bits per heavy atom. The first-order chi connectivity index (χ1) is 8.04. The van der Waals surface area contributed by atoms with Crippen LogP contribution >= 0.6 is 0 Å². The van der Waals surface area contributed by atoms with E-state index in [-0.39, 0.29) is 5.97 Å².